The van der Waals surface area contributed by atoms with Crippen molar-refractivity contribution in [1.82, 2.24) is 4.90 Å². The van der Waals surface area contributed by atoms with Crippen molar-refractivity contribution in [2.45, 2.75) is 38.5 Å². The van der Waals surface area contributed by atoms with Gasteiger partial charge in [0.1, 0.15) is 11.5 Å². The molecule has 2 aromatic rings. The molecule has 1 fully saturated rings. The van der Waals surface area contributed by atoms with Gasteiger partial charge in [-0.3, -0.25) is 4.79 Å². The van der Waals surface area contributed by atoms with E-state index in [4.69, 9.17) is 10.2 Å². The van der Waals surface area contributed by atoms with Crippen molar-refractivity contribution in [3.8, 4) is 11.3 Å². The molecule has 1 aliphatic rings. The van der Waals surface area contributed by atoms with Crippen molar-refractivity contribution in [1.29, 1.82) is 0 Å². The van der Waals surface area contributed by atoms with E-state index in [2.05, 4.69) is 0 Å². The molecule has 1 heterocycles. The van der Waals surface area contributed by atoms with Gasteiger partial charge in [-0.1, -0.05) is 25.1 Å². The third kappa shape index (κ3) is 4.84. The third-order valence-corrected chi connectivity index (χ3v) is 4.53. The Morgan fingerprint density at radius 2 is 1.93 bits per heavy atom. The lowest BCUT2D eigenvalue weighted by molar-refractivity contribution is -0.137. The Labute approximate surface area is 161 Å². The number of hydrogen-bond acceptors (Lipinski definition) is 3. The average molecular weight is 403 g/mol. The Kier molecular flexibility index (Phi) is 6.59. The van der Waals surface area contributed by atoms with Gasteiger partial charge in [-0.05, 0) is 31.0 Å². The Morgan fingerprint density at radius 3 is 2.52 bits per heavy atom. The zero-order chi connectivity index (χ0) is 18.9. The van der Waals surface area contributed by atoms with E-state index < -0.39 is 11.7 Å². The molecule has 1 aliphatic carbocycles. The lowest BCUT2D eigenvalue weighted by Gasteiger charge is -2.24. The Balaban J connectivity index is 0.00000261. The number of nitrogens with zero attached hydrogens (tertiary/aromatic N) is 1. The van der Waals surface area contributed by atoms with Gasteiger partial charge in [-0.15, -0.1) is 12.4 Å². The SMILES string of the molecule is CC(CN)C(=O)N(Cc1ccc(-c2ccccc2C(F)(F)F)o1)C1CC1.Cl. The van der Waals surface area contributed by atoms with Crippen molar-refractivity contribution >= 4 is 18.3 Å². The van der Waals surface area contributed by atoms with E-state index >= 15 is 0 Å². The predicted octanol–water partition coefficient (Wildman–Crippen LogP) is 4.47. The smallest absolute Gasteiger partial charge is 0.417 e. The molecule has 148 valence electrons. The molecule has 3 rings (SSSR count). The number of carbonyl (C=O) groups is 1. The normalized spacial score (nSPS) is 15.1. The van der Waals surface area contributed by atoms with Gasteiger partial charge >= 0.3 is 6.18 Å². The molecule has 4 nitrogen and oxygen atoms in total. The summed E-state index contributed by atoms with van der Waals surface area (Å²) in [5.74, 6) is 0.254. The molecule has 0 spiro atoms. The summed E-state index contributed by atoms with van der Waals surface area (Å²) in [6.45, 7) is 2.26. The highest BCUT2D eigenvalue weighted by molar-refractivity contribution is 5.85. The third-order valence-electron chi connectivity index (χ3n) is 4.53. The van der Waals surface area contributed by atoms with Crippen molar-refractivity contribution < 1.29 is 22.4 Å². The molecular formula is C19H22ClF3N2O2. The van der Waals surface area contributed by atoms with E-state index in [0.717, 1.165) is 18.9 Å². The van der Waals surface area contributed by atoms with Gasteiger partial charge in [0.25, 0.3) is 0 Å². The number of halogens is 4. The number of rotatable bonds is 6. The minimum absolute atomic E-state index is 0. The second-order valence-electron chi connectivity index (χ2n) is 6.64. The maximum absolute atomic E-state index is 13.2. The average Bonchev–Trinajstić information content (AvgIpc) is 3.35. The van der Waals surface area contributed by atoms with Crippen molar-refractivity contribution in [2.24, 2.45) is 11.7 Å². The van der Waals surface area contributed by atoms with Gasteiger partial charge in [0, 0.05) is 24.1 Å². The van der Waals surface area contributed by atoms with Crippen LogP contribution >= 0.6 is 12.4 Å². The quantitative estimate of drug-likeness (QED) is 0.775. The minimum atomic E-state index is -4.46. The first-order chi connectivity index (χ1) is 12.3. The highest BCUT2D eigenvalue weighted by atomic mass is 35.5. The van der Waals surface area contributed by atoms with Crippen LogP contribution < -0.4 is 5.73 Å². The molecule has 0 bridgehead atoms. The standard InChI is InChI=1S/C19H21F3N2O2.ClH/c1-12(10-23)18(25)24(13-6-7-13)11-14-8-9-17(26-14)15-4-2-3-5-16(15)19(20,21)22;/h2-5,8-9,12-13H,6-7,10-11,23H2,1H3;1H. The Morgan fingerprint density at radius 1 is 1.26 bits per heavy atom. The fraction of sp³-hybridized carbons (Fsp3) is 0.421. The summed E-state index contributed by atoms with van der Waals surface area (Å²) in [6, 6.07) is 8.59. The molecule has 1 aromatic carbocycles. The van der Waals surface area contributed by atoms with Crippen molar-refractivity contribution in [3.63, 3.8) is 0 Å². The van der Waals surface area contributed by atoms with E-state index in [1.165, 1.54) is 24.3 Å². The summed E-state index contributed by atoms with van der Waals surface area (Å²) in [4.78, 5) is 14.2. The molecule has 1 saturated carbocycles. The summed E-state index contributed by atoms with van der Waals surface area (Å²) < 4.78 is 45.2. The van der Waals surface area contributed by atoms with E-state index in [-0.39, 0.29) is 54.7 Å². The highest BCUT2D eigenvalue weighted by Crippen LogP contribution is 2.38. The van der Waals surface area contributed by atoms with Gasteiger partial charge in [0.2, 0.25) is 5.91 Å². The molecule has 0 aliphatic heterocycles. The lowest BCUT2D eigenvalue weighted by atomic mass is 10.1. The van der Waals surface area contributed by atoms with Crippen molar-refractivity contribution in [2.75, 3.05) is 6.54 Å². The maximum atomic E-state index is 13.2. The zero-order valence-corrected chi connectivity index (χ0v) is 15.6. The Bertz CT molecular complexity index is 787. The maximum Gasteiger partial charge on any atom is 0.417 e. The van der Waals surface area contributed by atoms with E-state index in [1.54, 1.807) is 17.9 Å². The summed E-state index contributed by atoms with van der Waals surface area (Å²) in [5.41, 5.74) is 4.83. The second-order valence-corrected chi connectivity index (χ2v) is 6.64. The molecule has 2 N–H and O–H groups in total. The molecular weight excluding hydrogens is 381 g/mol. The van der Waals surface area contributed by atoms with Crippen LogP contribution in [0.3, 0.4) is 0 Å². The van der Waals surface area contributed by atoms with Gasteiger partial charge in [-0.2, -0.15) is 13.2 Å². The fourth-order valence-corrected chi connectivity index (χ4v) is 2.88. The van der Waals surface area contributed by atoms with E-state index in [0.29, 0.717) is 5.76 Å². The van der Waals surface area contributed by atoms with Crippen LogP contribution in [-0.2, 0) is 17.5 Å². The number of amides is 1. The van der Waals surface area contributed by atoms with Crippen LogP contribution in [0.5, 0.6) is 0 Å². The van der Waals surface area contributed by atoms with Gasteiger partial charge in [0.05, 0.1) is 12.1 Å². The summed E-state index contributed by atoms with van der Waals surface area (Å²) in [7, 11) is 0. The zero-order valence-electron chi connectivity index (χ0n) is 14.8. The number of furan rings is 1. The highest BCUT2D eigenvalue weighted by Gasteiger charge is 2.36. The first-order valence-electron chi connectivity index (χ1n) is 8.57. The molecule has 27 heavy (non-hydrogen) atoms. The largest absolute Gasteiger partial charge is 0.459 e. The monoisotopic (exact) mass is 402 g/mol. The molecule has 8 heteroatoms. The van der Waals surface area contributed by atoms with Crippen LogP contribution in [0.4, 0.5) is 13.2 Å². The van der Waals surface area contributed by atoms with Gasteiger partial charge in [0.15, 0.2) is 0 Å². The van der Waals surface area contributed by atoms with Crippen LogP contribution in [0, 0.1) is 5.92 Å². The first-order valence-corrected chi connectivity index (χ1v) is 8.57. The molecule has 1 unspecified atom stereocenters. The molecule has 1 amide bonds. The number of nitrogens with two attached hydrogens (primary N) is 1. The van der Waals surface area contributed by atoms with Crippen LogP contribution in [-0.4, -0.2) is 23.4 Å². The summed E-state index contributed by atoms with van der Waals surface area (Å²) >= 11 is 0. The van der Waals surface area contributed by atoms with Crippen LogP contribution in [0.25, 0.3) is 11.3 Å². The Hall–Kier alpha value is -1.99. The predicted molar refractivity (Wildman–Crippen MR) is 98.2 cm³/mol. The van der Waals surface area contributed by atoms with Crippen LogP contribution in [0.15, 0.2) is 40.8 Å². The van der Waals surface area contributed by atoms with E-state index in [1.807, 2.05) is 0 Å². The second kappa shape index (κ2) is 8.35. The summed E-state index contributed by atoms with van der Waals surface area (Å²) in [6.07, 6.45) is -2.61. The van der Waals surface area contributed by atoms with Crippen molar-refractivity contribution in [3.05, 3.63) is 47.7 Å². The van der Waals surface area contributed by atoms with Crippen LogP contribution in [0.2, 0.25) is 0 Å². The van der Waals surface area contributed by atoms with Gasteiger partial charge in [-0.25, -0.2) is 0 Å². The fourth-order valence-electron chi connectivity index (χ4n) is 2.88. The number of hydrogen-bond donors (Lipinski definition) is 1. The topological polar surface area (TPSA) is 59.5 Å². The number of alkyl halides is 3. The molecule has 1 atom stereocenters. The molecule has 0 radical (unpaired) electrons. The van der Waals surface area contributed by atoms with Gasteiger partial charge < -0.3 is 15.1 Å². The van der Waals surface area contributed by atoms with E-state index in [9.17, 15) is 18.0 Å². The summed E-state index contributed by atoms with van der Waals surface area (Å²) in [5, 5.41) is 0. The molecule has 0 saturated heterocycles. The molecule has 1 aromatic heterocycles. The lowest BCUT2D eigenvalue weighted by Crippen LogP contribution is -2.38. The number of carbonyl (C=O) groups excluding carboxylic acids is 1. The van der Waals surface area contributed by atoms with Crippen LogP contribution in [0.1, 0.15) is 31.1 Å². The number of benzene rings is 1. The first kappa shape index (κ1) is 21.3. The minimum Gasteiger partial charge on any atom is -0.459 e.